The minimum atomic E-state index is -3.41. The quantitative estimate of drug-likeness (QED) is 0.815. The largest absolute Gasteiger partial charge is 0.384 e. The summed E-state index contributed by atoms with van der Waals surface area (Å²) in [6, 6.07) is 1.84. The Morgan fingerprint density at radius 1 is 1.57 bits per heavy atom. The Balaban J connectivity index is 1.93. The molecule has 1 fully saturated rings. The van der Waals surface area contributed by atoms with E-state index in [1.807, 2.05) is 11.4 Å². The maximum atomic E-state index is 12.2. The third-order valence-electron chi connectivity index (χ3n) is 3.35. The SMILES string of the molecule is CC1CCCN(S(=O)(=O)NCc2cc(C#CCO)cs2)C1. The van der Waals surface area contributed by atoms with Gasteiger partial charge in [-0.25, -0.2) is 0 Å². The van der Waals surface area contributed by atoms with Crippen molar-refractivity contribution < 1.29 is 13.5 Å². The number of nitrogens with one attached hydrogen (secondary N) is 1. The van der Waals surface area contributed by atoms with Crippen molar-refractivity contribution in [1.82, 2.24) is 9.03 Å². The van der Waals surface area contributed by atoms with Gasteiger partial charge < -0.3 is 5.11 Å². The standard InChI is InChI=1S/C14H20N2O3S2/c1-12-4-2-6-16(10-12)21(18,19)15-9-14-8-13(11-20-14)5-3-7-17/h8,11-12,15,17H,2,4,6-7,9-10H2,1H3. The summed E-state index contributed by atoms with van der Waals surface area (Å²) >= 11 is 1.46. The van der Waals surface area contributed by atoms with E-state index in [0.29, 0.717) is 19.0 Å². The molecule has 0 radical (unpaired) electrons. The molecule has 1 aliphatic heterocycles. The van der Waals surface area contributed by atoms with Gasteiger partial charge in [-0.3, -0.25) is 0 Å². The van der Waals surface area contributed by atoms with Gasteiger partial charge in [-0.2, -0.15) is 17.4 Å². The van der Waals surface area contributed by atoms with Gasteiger partial charge >= 0.3 is 0 Å². The van der Waals surface area contributed by atoms with Crippen LogP contribution in [0.1, 0.15) is 30.2 Å². The molecular weight excluding hydrogens is 308 g/mol. The molecule has 1 atom stereocenters. The van der Waals surface area contributed by atoms with Crippen molar-refractivity contribution in [2.75, 3.05) is 19.7 Å². The second kappa shape index (κ2) is 7.38. The number of aliphatic hydroxyl groups excluding tert-OH is 1. The number of nitrogens with zero attached hydrogens (tertiary/aromatic N) is 1. The molecule has 0 aliphatic carbocycles. The van der Waals surface area contributed by atoms with Gasteiger partial charge in [-0.15, -0.1) is 11.3 Å². The second-order valence-corrected chi connectivity index (χ2v) is 7.94. The molecule has 1 saturated heterocycles. The van der Waals surface area contributed by atoms with Gasteiger partial charge in [0.2, 0.25) is 0 Å². The molecular formula is C14H20N2O3S2. The molecule has 0 bridgehead atoms. The van der Waals surface area contributed by atoms with Crippen LogP contribution in [0.4, 0.5) is 0 Å². The smallest absolute Gasteiger partial charge is 0.279 e. The topological polar surface area (TPSA) is 69.6 Å². The first-order valence-corrected chi connectivity index (χ1v) is 9.25. The number of hydrogen-bond acceptors (Lipinski definition) is 4. The van der Waals surface area contributed by atoms with E-state index in [1.54, 1.807) is 0 Å². The summed E-state index contributed by atoms with van der Waals surface area (Å²) in [6.07, 6.45) is 2.01. The van der Waals surface area contributed by atoms with Crippen LogP contribution >= 0.6 is 11.3 Å². The maximum Gasteiger partial charge on any atom is 0.279 e. The van der Waals surface area contributed by atoms with Gasteiger partial charge in [0.1, 0.15) is 6.61 Å². The van der Waals surface area contributed by atoms with Crippen LogP contribution in [0.15, 0.2) is 11.4 Å². The molecule has 0 aromatic carbocycles. The third-order valence-corrected chi connectivity index (χ3v) is 5.81. The minimum absolute atomic E-state index is 0.176. The van der Waals surface area contributed by atoms with Crippen LogP contribution in [-0.2, 0) is 16.8 Å². The van der Waals surface area contributed by atoms with E-state index in [-0.39, 0.29) is 13.2 Å². The summed E-state index contributed by atoms with van der Waals surface area (Å²) in [7, 11) is -3.41. The third kappa shape index (κ3) is 4.80. The zero-order chi connectivity index (χ0) is 15.3. The summed E-state index contributed by atoms with van der Waals surface area (Å²) in [6.45, 7) is 3.36. The number of thiophene rings is 1. The van der Waals surface area contributed by atoms with Crippen LogP contribution in [0.3, 0.4) is 0 Å². The first-order chi connectivity index (χ1) is 10.0. The van der Waals surface area contributed by atoms with E-state index in [1.165, 1.54) is 15.6 Å². The van der Waals surface area contributed by atoms with E-state index < -0.39 is 10.2 Å². The summed E-state index contributed by atoms with van der Waals surface area (Å²) in [5.41, 5.74) is 0.801. The van der Waals surface area contributed by atoms with Gasteiger partial charge in [0, 0.05) is 35.5 Å². The summed E-state index contributed by atoms with van der Waals surface area (Å²) < 4.78 is 28.7. The molecule has 21 heavy (non-hydrogen) atoms. The Bertz CT molecular complexity index is 628. The minimum Gasteiger partial charge on any atom is -0.384 e. The fourth-order valence-corrected chi connectivity index (χ4v) is 4.49. The van der Waals surface area contributed by atoms with Gasteiger partial charge in [0.05, 0.1) is 0 Å². The van der Waals surface area contributed by atoms with Crippen molar-refractivity contribution in [3.05, 3.63) is 21.9 Å². The first-order valence-electron chi connectivity index (χ1n) is 6.93. The molecule has 0 saturated carbocycles. The lowest BCUT2D eigenvalue weighted by molar-refractivity contribution is 0.278. The van der Waals surface area contributed by atoms with E-state index in [0.717, 1.165) is 23.3 Å². The Hall–Kier alpha value is -0.910. The molecule has 1 aromatic heterocycles. The molecule has 5 nitrogen and oxygen atoms in total. The number of rotatable bonds is 4. The zero-order valence-corrected chi connectivity index (χ0v) is 13.6. The molecule has 0 amide bonds. The fourth-order valence-electron chi connectivity index (χ4n) is 2.30. The number of hydrogen-bond donors (Lipinski definition) is 2. The van der Waals surface area contributed by atoms with E-state index >= 15 is 0 Å². The lowest BCUT2D eigenvalue weighted by Crippen LogP contribution is -2.45. The van der Waals surface area contributed by atoms with Gasteiger partial charge in [0.15, 0.2) is 0 Å². The highest BCUT2D eigenvalue weighted by atomic mass is 32.2. The lowest BCUT2D eigenvalue weighted by atomic mass is 10.0. The van der Waals surface area contributed by atoms with Crippen LogP contribution < -0.4 is 4.72 Å². The molecule has 0 spiro atoms. The molecule has 7 heteroatoms. The first kappa shape index (κ1) is 16.5. The molecule has 1 aliphatic rings. The second-order valence-electron chi connectivity index (χ2n) is 5.19. The van der Waals surface area contributed by atoms with Crippen LogP contribution in [0, 0.1) is 17.8 Å². The van der Waals surface area contributed by atoms with Crippen molar-refractivity contribution in [3.8, 4) is 11.8 Å². The van der Waals surface area contributed by atoms with Crippen molar-refractivity contribution in [1.29, 1.82) is 0 Å². The average molecular weight is 328 g/mol. The van der Waals surface area contributed by atoms with E-state index in [4.69, 9.17) is 5.11 Å². The highest BCUT2D eigenvalue weighted by Crippen LogP contribution is 2.19. The Morgan fingerprint density at radius 3 is 3.10 bits per heavy atom. The molecule has 1 unspecified atom stereocenters. The number of aliphatic hydroxyl groups is 1. The van der Waals surface area contributed by atoms with Gasteiger partial charge in [0.25, 0.3) is 10.2 Å². The molecule has 2 heterocycles. The normalized spacial score (nSPS) is 20.0. The van der Waals surface area contributed by atoms with Crippen molar-refractivity contribution >= 4 is 21.5 Å². The Kier molecular flexibility index (Phi) is 5.79. The highest BCUT2D eigenvalue weighted by molar-refractivity contribution is 7.87. The van der Waals surface area contributed by atoms with Crippen LogP contribution in [0.25, 0.3) is 0 Å². The van der Waals surface area contributed by atoms with Crippen molar-refractivity contribution in [3.63, 3.8) is 0 Å². The monoisotopic (exact) mass is 328 g/mol. The van der Waals surface area contributed by atoms with Crippen molar-refractivity contribution in [2.24, 2.45) is 5.92 Å². The lowest BCUT2D eigenvalue weighted by Gasteiger charge is -2.29. The van der Waals surface area contributed by atoms with Crippen LogP contribution in [-0.4, -0.2) is 37.5 Å². The Labute approximate surface area is 130 Å². The predicted molar refractivity (Wildman–Crippen MR) is 84.0 cm³/mol. The number of piperidine rings is 1. The van der Waals surface area contributed by atoms with Gasteiger partial charge in [-0.1, -0.05) is 18.8 Å². The summed E-state index contributed by atoms with van der Waals surface area (Å²) in [4.78, 5) is 0.908. The maximum absolute atomic E-state index is 12.2. The van der Waals surface area contributed by atoms with E-state index in [9.17, 15) is 8.42 Å². The zero-order valence-electron chi connectivity index (χ0n) is 12.0. The average Bonchev–Trinajstić information content (AvgIpc) is 2.91. The van der Waals surface area contributed by atoms with E-state index in [2.05, 4.69) is 23.5 Å². The van der Waals surface area contributed by atoms with Crippen molar-refractivity contribution in [2.45, 2.75) is 26.3 Å². The Morgan fingerprint density at radius 2 is 2.38 bits per heavy atom. The van der Waals surface area contributed by atoms with Crippen LogP contribution in [0.5, 0.6) is 0 Å². The molecule has 116 valence electrons. The summed E-state index contributed by atoms with van der Waals surface area (Å²) in [5.74, 6) is 5.79. The molecule has 1 aromatic rings. The summed E-state index contributed by atoms with van der Waals surface area (Å²) in [5, 5.41) is 10.5. The van der Waals surface area contributed by atoms with Gasteiger partial charge in [-0.05, 0) is 24.8 Å². The van der Waals surface area contributed by atoms with Crippen LogP contribution in [0.2, 0.25) is 0 Å². The molecule has 2 N–H and O–H groups in total. The molecule has 2 rings (SSSR count). The highest BCUT2D eigenvalue weighted by Gasteiger charge is 2.26. The predicted octanol–water partition coefficient (Wildman–Crippen LogP) is 1.16. The fraction of sp³-hybridized carbons (Fsp3) is 0.571.